The first kappa shape index (κ1) is 18.2. The van der Waals surface area contributed by atoms with E-state index >= 15 is 0 Å². The number of rotatable bonds is 5. The lowest BCUT2D eigenvalue weighted by Crippen LogP contribution is -2.57. The van der Waals surface area contributed by atoms with Crippen LogP contribution in [0.25, 0.3) is 0 Å². The fourth-order valence-corrected chi connectivity index (χ4v) is 4.29. The molecule has 5 heterocycles. The molecule has 5 rings (SSSR count). The molecule has 0 radical (unpaired) electrons. The van der Waals surface area contributed by atoms with Crippen molar-refractivity contribution in [3.05, 3.63) is 36.0 Å². The molecule has 0 aromatic carbocycles. The number of hydrogen-bond acceptors (Lipinski definition) is 5. The summed E-state index contributed by atoms with van der Waals surface area (Å²) in [5.41, 5.74) is 1.04. The Morgan fingerprint density at radius 1 is 1.41 bits per heavy atom. The quantitative estimate of drug-likeness (QED) is 0.872. The number of furan rings is 1. The molecule has 3 aliphatic rings. The minimum Gasteiger partial charge on any atom is -0.467 e. The second-order valence-electron chi connectivity index (χ2n) is 8.91. The maximum Gasteiger partial charge on any atom is 0.225 e. The summed E-state index contributed by atoms with van der Waals surface area (Å²) in [5.74, 6) is 1.46. The number of carbonyl (C=O) groups excluding carboxylic acids is 1. The first-order valence-electron chi connectivity index (χ1n) is 9.85. The van der Waals surface area contributed by atoms with Crippen LogP contribution in [0.3, 0.4) is 0 Å². The van der Waals surface area contributed by atoms with E-state index in [1.54, 1.807) is 6.26 Å². The van der Waals surface area contributed by atoms with Gasteiger partial charge >= 0.3 is 0 Å². The van der Waals surface area contributed by atoms with Gasteiger partial charge in [-0.15, -0.1) is 5.10 Å². The Bertz CT molecular complexity index is 777. The summed E-state index contributed by atoms with van der Waals surface area (Å²) in [6, 6.07) is 4.17. The van der Waals surface area contributed by atoms with Crippen LogP contribution >= 0.6 is 0 Å². The highest BCUT2D eigenvalue weighted by atomic mass is 16.3. The molecule has 4 atom stereocenters. The zero-order chi connectivity index (χ0) is 19.0. The van der Waals surface area contributed by atoms with Crippen LogP contribution in [-0.4, -0.2) is 44.9 Å². The SMILES string of the molecule is CC(C)(C)c1cn(C[C@H]2C[C@@H]3CCN2C[C@@H]3C(=O)NCc2ccco2)nn1. The highest BCUT2D eigenvalue weighted by molar-refractivity contribution is 5.79. The van der Waals surface area contributed by atoms with Gasteiger partial charge in [-0.1, -0.05) is 26.0 Å². The van der Waals surface area contributed by atoms with Crippen molar-refractivity contribution >= 4 is 5.91 Å². The Hall–Kier alpha value is -2.15. The van der Waals surface area contributed by atoms with Crippen molar-refractivity contribution in [2.24, 2.45) is 11.8 Å². The lowest BCUT2D eigenvalue weighted by Gasteiger charge is -2.49. The lowest BCUT2D eigenvalue weighted by molar-refractivity contribution is -0.133. The number of nitrogens with zero attached hydrogens (tertiary/aromatic N) is 4. The van der Waals surface area contributed by atoms with Gasteiger partial charge in [-0.3, -0.25) is 14.4 Å². The molecule has 0 spiro atoms. The zero-order valence-electron chi connectivity index (χ0n) is 16.4. The average molecular weight is 371 g/mol. The van der Waals surface area contributed by atoms with Gasteiger partial charge in [0, 0.05) is 24.2 Å². The van der Waals surface area contributed by atoms with E-state index in [0.29, 0.717) is 18.5 Å². The molecule has 27 heavy (non-hydrogen) atoms. The molecule has 7 nitrogen and oxygen atoms in total. The van der Waals surface area contributed by atoms with Crippen LogP contribution in [-0.2, 0) is 23.3 Å². The Labute approximate surface area is 160 Å². The van der Waals surface area contributed by atoms with Crippen molar-refractivity contribution in [3.63, 3.8) is 0 Å². The van der Waals surface area contributed by atoms with E-state index < -0.39 is 0 Å². The molecule has 1 N–H and O–H groups in total. The topological polar surface area (TPSA) is 76.2 Å². The van der Waals surface area contributed by atoms with Crippen molar-refractivity contribution in [2.75, 3.05) is 13.1 Å². The van der Waals surface area contributed by atoms with E-state index in [2.05, 4.69) is 47.5 Å². The van der Waals surface area contributed by atoms with Crippen LogP contribution in [0.4, 0.5) is 0 Å². The van der Waals surface area contributed by atoms with Crippen molar-refractivity contribution < 1.29 is 9.21 Å². The number of piperidine rings is 3. The van der Waals surface area contributed by atoms with Crippen LogP contribution in [0.5, 0.6) is 0 Å². The minimum absolute atomic E-state index is 0.0152. The Balaban J connectivity index is 1.34. The van der Waals surface area contributed by atoms with Gasteiger partial charge in [-0.25, -0.2) is 0 Å². The van der Waals surface area contributed by atoms with E-state index in [0.717, 1.165) is 43.9 Å². The van der Waals surface area contributed by atoms with Crippen LogP contribution in [0.1, 0.15) is 45.1 Å². The first-order valence-corrected chi connectivity index (χ1v) is 9.85. The highest BCUT2D eigenvalue weighted by Gasteiger charge is 2.43. The summed E-state index contributed by atoms with van der Waals surface area (Å²) >= 11 is 0. The van der Waals surface area contributed by atoms with Crippen LogP contribution < -0.4 is 5.32 Å². The summed E-state index contributed by atoms with van der Waals surface area (Å²) in [6.07, 6.45) is 5.84. The normalized spacial score (nSPS) is 27.7. The molecule has 2 bridgehead atoms. The number of nitrogens with one attached hydrogen (secondary N) is 1. The summed E-state index contributed by atoms with van der Waals surface area (Å²) in [6.45, 7) is 9.67. The number of aromatic nitrogens is 3. The van der Waals surface area contributed by atoms with Crippen LogP contribution in [0, 0.1) is 11.8 Å². The summed E-state index contributed by atoms with van der Waals surface area (Å²) in [7, 11) is 0. The van der Waals surface area contributed by atoms with E-state index in [9.17, 15) is 4.79 Å². The predicted molar refractivity (Wildman–Crippen MR) is 101 cm³/mol. The maximum atomic E-state index is 12.7. The molecule has 1 unspecified atom stereocenters. The van der Waals surface area contributed by atoms with Crippen molar-refractivity contribution in [3.8, 4) is 0 Å². The minimum atomic E-state index is 0.0152. The van der Waals surface area contributed by atoms with E-state index in [1.807, 2.05) is 16.8 Å². The molecular formula is C20H29N5O2. The number of carbonyl (C=O) groups is 1. The van der Waals surface area contributed by atoms with Crippen molar-refractivity contribution in [1.29, 1.82) is 0 Å². The average Bonchev–Trinajstić information content (AvgIpc) is 3.31. The lowest BCUT2D eigenvalue weighted by atomic mass is 9.75. The first-order chi connectivity index (χ1) is 12.9. The van der Waals surface area contributed by atoms with Gasteiger partial charge in [-0.2, -0.15) is 0 Å². The maximum absolute atomic E-state index is 12.7. The molecule has 3 aliphatic heterocycles. The molecule has 7 heteroatoms. The number of hydrogen-bond donors (Lipinski definition) is 1. The molecule has 3 saturated heterocycles. The Morgan fingerprint density at radius 2 is 2.26 bits per heavy atom. The Morgan fingerprint density at radius 3 is 2.89 bits per heavy atom. The monoisotopic (exact) mass is 371 g/mol. The standard InChI is InChI=1S/C20H29N5O2/c1-20(2,3)18-13-25(23-22-18)11-15-9-14-6-7-24(15)12-17(14)19(26)21-10-16-5-4-8-27-16/h4-5,8,13-15,17H,6-7,9-12H2,1-3H3,(H,21,26)/t14-,15+,17-/m0/s1. The smallest absolute Gasteiger partial charge is 0.225 e. The van der Waals surface area contributed by atoms with Gasteiger partial charge in [0.15, 0.2) is 0 Å². The molecule has 0 aliphatic carbocycles. The van der Waals surface area contributed by atoms with Crippen LogP contribution in [0.15, 0.2) is 29.0 Å². The summed E-state index contributed by atoms with van der Waals surface area (Å²) in [4.78, 5) is 15.1. The van der Waals surface area contributed by atoms with Gasteiger partial charge in [0.25, 0.3) is 0 Å². The highest BCUT2D eigenvalue weighted by Crippen LogP contribution is 2.37. The van der Waals surface area contributed by atoms with Gasteiger partial charge in [0.05, 0.1) is 31.0 Å². The fourth-order valence-electron chi connectivity index (χ4n) is 4.29. The number of amides is 1. The van der Waals surface area contributed by atoms with Gasteiger partial charge in [-0.05, 0) is 37.4 Å². The van der Waals surface area contributed by atoms with Crippen LogP contribution in [0.2, 0.25) is 0 Å². The second-order valence-corrected chi connectivity index (χ2v) is 8.91. The summed E-state index contributed by atoms with van der Waals surface area (Å²) < 4.78 is 7.27. The molecular weight excluding hydrogens is 342 g/mol. The predicted octanol–water partition coefficient (Wildman–Crippen LogP) is 2.20. The molecule has 1 amide bonds. The molecule has 2 aromatic rings. The fraction of sp³-hybridized carbons (Fsp3) is 0.650. The third-order valence-corrected chi connectivity index (χ3v) is 5.94. The zero-order valence-corrected chi connectivity index (χ0v) is 16.4. The third kappa shape index (κ3) is 3.93. The van der Waals surface area contributed by atoms with Crippen molar-refractivity contribution in [1.82, 2.24) is 25.2 Å². The van der Waals surface area contributed by atoms with Gasteiger partial charge in [0.1, 0.15) is 5.76 Å². The van der Waals surface area contributed by atoms with Gasteiger partial charge < -0.3 is 9.73 Å². The van der Waals surface area contributed by atoms with Crippen molar-refractivity contribution in [2.45, 2.75) is 58.2 Å². The van der Waals surface area contributed by atoms with E-state index in [1.165, 1.54) is 0 Å². The molecule has 0 saturated carbocycles. The number of fused-ring (bicyclic) bond motifs is 3. The Kier molecular flexibility index (Phi) is 4.80. The van der Waals surface area contributed by atoms with E-state index in [-0.39, 0.29) is 17.2 Å². The third-order valence-electron chi connectivity index (χ3n) is 5.94. The van der Waals surface area contributed by atoms with Gasteiger partial charge in [0.2, 0.25) is 5.91 Å². The molecule has 3 fully saturated rings. The molecule has 146 valence electrons. The van der Waals surface area contributed by atoms with E-state index in [4.69, 9.17) is 4.42 Å². The second kappa shape index (κ2) is 7.11. The largest absolute Gasteiger partial charge is 0.467 e. The molecule has 2 aromatic heterocycles. The summed E-state index contributed by atoms with van der Waals surface area (Å²) in [5, 5.41) is 11.7.